The van der Waals surface area contributed by atoms with Gasteiger partial charge in [-0.15, -0.1) is 0 Å². The largest absolute Gasteiger partial charge is 0.497 e. The smallest absolute Gasteiger partial charge is 0.312 e. The molecule has 1 aromatic rings. The molecule has 4 amide bonds. The molecule has 0 aliphatic carbocycles. The summed E-state index contributed by atoms with van der Waals surface area (Å²) in [4.78, 5) is 35.5. The zero-order valence-electron chi connectivity index (χ0n) is 14.7. The van der Waals surface area contributed by atoms with Crippen molar-refractivity contribution in [1.29, 1.82) is 0 Å². The van der Waals surface area contributed by atoms with Crippen LogP contribution in [0.4, 0.5) is 4.79 Å². The molecule has 0 aliphatic rings. The van der Waals surface area contributed by atoms with E-state index in [9.17, 15) is 14.4 Å². The molecule has 0 bridgehead atoms. The number of primary amides is 1. The summed E-state index contributed by atoms with van der Waals surface area (Å²) >= 11 is 0. The van der Waals surface area contributed by atoms with Crippen LogP contribution in [-0.2, 0) is 4.79 Å². The molecule has 25 heavy (non-hydrogen) atoms. The van der Waals surface area contributed by atoms with Gasteiger partial charge in [0.25, 0.3) is 11.8 Å². The molecule has 5 N–H and O–H groups in total. The van der Waals surface area contributed by atoms with Crippen LogP contribution in [0.5, 0.6) is 11.5 Å². The molecule has 0 aromatic heterocycles. The number of hydrogen-bond donors (Lipinski definition) is 4. The summed E-state index contributed by atoms with van der Waals surface area (Å²) in [6.45, 7) is 3.66. The minimum atomic E-state index is -0.859. The lowest BCUT2D eigenvalue weighted by Gasteiger charge is -2.22. The number of methoxy groups -OCH3 is 2. The van der Waals surface area contributed by atoms with Crippen LogP contribution in [0.1, 0.15) is 30.6 Å². The van der Waals surface area contributed by atoms with E-state index in [4.69, 9.17) is 15.2 Å². The number of hydrazine groups is 1. The summed E-state index contributed by atoms with van der Waals surface area (Å²) in [5, 5.41) is 2.37. The Labute approximate surface area is 146 Å². The molecule has 1 aromatic carbocycles. The first-order chi connectivity index (χ1) is 11.8. The summed E-state index contributed by atoms with van der Waals surface area (Å²) in [7, 11) is 2.93. The van der Waals surface area contributed by atoms with Gasteiger partial charge in [0.1, 0.15) is 17.5 Å². The summed E-state index contributed by atoms with van der Waals surface area (Å²) in [5.74, 6) is -0.433. The molecule has 0 unspecified atom stereocenters. The lowest BCUT2D eigenvalue weighted by atomic mass is 9.99. The van der Waals surface area contributed by atoms with Gasteiger partial charge in [-0.2, -0.15) is 0 Å². The van der Waals surface area contributed by atoms with Crippen LogP contribution in [0.3, 0.4) is 0 Å². The van der Waals surface area contributed by atoms with E-state index in [1.165, 1.54) is 26.4 Å². The summed E-state index contributed by atoms with van der Waals surface area (Å²) in [6, 6.07) is 2.94. The molecule has 0 radical (unpaired) electrons. The second kappa shape index (κ2) is 9.36. The van der Waals surface area contributed by atoms with Gasteiger partial charge in [0.2, 0.25) is 0 Å². The predicted octanol–water partition coefficient (Wildman–Crippen LogP) is 0.548. The second-order valence-electron chi connectivity index (χ2n) is 5.42. The third kappa shape index (κ3) is 5.87. The fraction of sp³-hybridized carbons (Fsp3) is 0.438. The average molecular weight is 352 g/mol. The van der Waals surface area contributed by atoms with Crippen molar-refractivity contribution in [2.45, 2.75) is 26.3 Å². The monoisotopic (exact) mass is 352 g/mol. The summed E-state index contributed by atoms with van der Waals surface area (Å²) in [5.41, 5.74) is 9.90. The zero-order valence-corrected chi connectivity index (χ0v) is 14.7. The maximum absolute atomic E-state index is 12.2. The average Bonchev–Trinajstić information content (AvgIpc) is 2.62. The van der Waals surface area contributed by atoms with Crippen LogP contribution in [0.2, 0.25) is 0 Å². The number of nitrogens with two attached hydrogens (primary N) is 1. The molecule has 1 rings (SSSR count). The van der Waals surface area contributed by atoms with Crippen molar-refractivity contribution in [3.05, 3.63) is 23.8 Å². The quantitative estimate of drug-likeness (QED) is 0.532. The highest BCUT2D eigenvalue weighted by Crippen LogP contribution is 2.22. The van der Waals surface area contributed by atoms with E-state index in [0.717, 1.165) is 0 Å². The maximum atomic E-state index is 12.2. The van der Waals surface area contributed by atoms with Gasteiger partial charge in [-0.3, -0.25) is 20.4 Å². The van der Waals surface area contributed by atoms with Gasteiger partial charge in [-0.1, -0.05) is 20.3 Å². The SMILES string of the molecule is CC[C@H](C)[C@H](NC(N)=O)C(=O)NNC(=O)c1cc(OC)cc(OC)c1. The first-order valence-corrected chi connectivity index (χ1v) is 7.71. The number of ether oxygens (including phenoxy) is 2. The highest BCUT2D eigenvalue weighted by molar-refractivity contribution is 5.97. The Morgan fingerprint density at radius 2 is 1.64 bits per heavy atom. The Morgan fingerprint density at radius 3 is 2.08 bits per heavy atom. The van der Waals surface area contributed by atoms with Crippen LogP contribution in [0, 0.1) is 5.92 Å². The van der Waals surface area contributed by atoms with Crippen LogP contribution in [-0.4, -0.2) is 38.1 Å². The van der Waals surface area contributed by atoms with E-state index >= 15 is 0 Å². The van der Waals surface area contributed by atoms with E-state index in [-0.39, 0.29) is 11.5 Å². The molecule has 9 heteroatoms. The topological polar surface area (TPSA) is 132 Å². The molecule has 0 fully saturated rings. The van der Waals surface area contributed by atoms with E-state index < -0.39 is 23.9 Å². The van der Waals surface area contributed by atoms with Crippen molar-refractivity contribution in [3.8, 4) is 11.5 Å². The molecule has 0 spiro atoms. The van der Waals surface area contributed by atoms with Gasteiger partial charge in [0.15, 0.2) is 0 Å². The number of carbonyl (C=O) groups excluding carboxylic acids is 3. The Kier molecular flexibility index (Phi) is 7.51. The number of urea groups is 1. The number of nitrogens with one attached hydrogen (secondary N) is 3. The Bertz CT molecular complexity index is 613. The van der Waals surface area contributed by atoms with Gasteiger partial charge in [-0.05, 0) is 18.1 Å². The van der Waals surface area contributed by atoms with Crippen molar-refractivity contribution in [2.75, 3.05) is 14.2 Å². The van der Waals surface area contributed by atoms with Gasteiger partial charge in [0.05, 0.1) is 14.2 Å². The minimum Gasteiger partial charge on any atom is -0.497 e. The number of hydrogen-bond acceptors (Lipinski definition) is 5. The second-order valence-corrected chi connectivity index (χ2v) is 5.42. The van der Waals surface area contributed by atoms with Crippen molar-refractivity contribution < 1.29 is 23.9 Å². The number of rotatable bonds is 7. The van der Waals surface area contributed by atoms with Crippen LogP contribution < -0.4 is 31.4 Å². The number of amides is 4. The van der Waals surface area contributed by atoms with E-state index in [2.05, 4.69) is 16.2 Å². The van der Waals surface area contributed by atoms with Gasteiger partial charge >= 0.3 is 6.03 Å². The van der Waals surface area contributed by atoms with Gasteiger partial charge in [-0.25, -0.2) is 4.79 Å². The highest BCUT2D eigenvalue weighted by atomic mass is 16.5. The molecule has 0 saturated carbocycles. The predicted molar refractivity (Wildman–Crippen MR) is 91.1 cm³/mol. The van der Waals surface area contributed by atoms with Crippen molar-refractivity contribution in [1.82, 2.24) is 16.2 Å². The Morgan fingerprint density at radius 1 is 1.08 bits per heavy atom. The third-order valence-corrected chi connectivity index (χ3v) is 3.71. The van der Waals surface area contributed by atoms with Crippen LogP contribution in [0.25, 0.3) is 0 Å². The molecule has 0 saturated heterocycles. The molecule has 2 atom stereocenters. The Balaban J connectivity index is 2.80. The maximum Gasteiger partial charge on any atom is 0.312 e. The van der Waals surface area contributed by atoms with Crippen molar-refractivity contribution in [3.63, 3.8) is 0 Å². The van der Waals surface area contributed by atoms with Crippen LogP contribution in [0.15, 0.2) is 18.2 Å². The molecule has 0 aliphatic heterocycles. The van der Waals surface area contributed by atoms with Gasteiger partial charge < -0.3 is 20.5 Å². The highest BCUT2D eigenvalue weighted by Gasteiger charge is 2.25. The molecular weight excluding hydrogens is 328 g/mol. The molecule has 0 heterocycles. The summed E-state index contributed by atoms with van der Waals surface area (Å²) in [6.07, 6.45) is 0.638. The van der Waals surface area contributed by atoms with E-state index in [0.29, 0.717) is 17.9 Å². The minimum absolute atomic E-state index is 0.165. The lowest BCUT2D eigenvalue weighted by molar-refractivity contribution is -0.124. The van der Waals surface area contributed by atoms with E-state index in [1.54, 1.807) is 13.0 Å². The molecule has 9 nitrogen and oxygen atoms in total. The first kappa shape index (κ1) is 20.1. The standard InChI is InChI=1S/C16H24N4O5/c1-5-9(2)13(18-16(17)23)15(22)20-19-14(21)10-6-11(24-3)8-12(7-10)25-4/h6-9,13H,5H2,1-4H3,(H,19,21)(H,20,22)(H3,17,18,23)/t9-,13-/m0/s1. The number of benzene rings is 1. The molecular formula is C16H24N4O5. The Hall–Kier alpha value is -2.97. The lowest BCUT2D eigenvalue weighted by Crippen LogP contribution is -2.55. The number of carbonyl (C=O) groups is 3. The van der Waals surface area contributed by atoms with E-state index in [1.807, 2.05) is 6.92 Å². The van der Waals surface area contributed by atoms with Crippen LogP contribution >= 0.6 is 0 Å². The fourth-order valence-corrected chi connectivity index (χ4v) is 2.06. The van der Waals surface area contributed by atoms with Crippen molar-refractivity contribution in [2.24, 2.45) is 11.7 Å². The zero-order chi connectivity index (χ0) is 19.0. The third-order valence-electron chi connectivity index (χ3n) is 3.71. The van der Waals surface area contributed by atoms with Gasteiger partial charge in [0, 0.05) is 11.6 Å². The summed E-state index contributed by atoms with van der Waals surface area (Å²) < 4.78 is 10.2. The molecule has 138 valence electrons. The fourth-order valence-electron chi connectivity index (χ4n) is 2.06. The van der Waals surface area contributed by atoms with Crippen molar-refractivity contribution >= 4 is 17.8 Å². The first-order valence-electron chi connectivity index (χ1n) is 7.71. The normalized spacial score (nSPS) is 12.5.